The standard InChI is InChI=1S/C38H73N2O6P/c1-6-8-10-12-14-16-18-20-22-24-26-28-30-32-38(42)39-36(35-46-47(43,44)45-34-33-40(3,4)5)37(41)31-29-27-25-23-21-19-17-15-13-11-9-7-2/h13,15,21,23,29,31,36-37,41H,6-12,14,16-20,22,24-28,30,32-35H2,1-5H3,(H-,39,42,43,44)/b15-13+,23-21+,31-29+. The van der Waals surface area contributed by atoms with Crippen LogP contribution in [0.4, 0.5) is 0 Å². The van der Waals surface area contributed by atoms with Crippen LogP contribution in [0, 0.1) is 0 Å². The summed E-state index contributed by atoms with van der Waals surface area (Å²) in [6.45, 7) is 4.54. The number of quaternary nitrogens is 1. The minimum atomic E-state index is -4.59. The number of hydrogen-bond donors (Lipinski definition) is 2. The second kappa shape index (κ2) is 30.8. The first-order chi connectivity index (χ1) is 22.5. The minimum absolute atomic E-state index is 0.00846. The number of aliphatic hydroxyl groups is 1. The number of phosphoric acid groups is 1. The molecule has 0 aliphatic carbocycles. The van der Waals surface area contributed by atoms with E-state index in [-0.39, 0.29) is 12.5 Å². The molecule has 0 aromatic carbocycles. The Hall–Kier alpha value is -1.28. The lowest BCUT2D eigenvalue weighted by atomic mass is 10.0. The summed E-state index contributed by atoms with van der Waals surface area (Å²) in [6, 6.07) is -0.903. The molecule has 0 bridgehead atoms. The Morgan fingerprint density at radius 3 is 1.70 bits per heavy atom. The van der Waals surface area contributed by atoms with Crippen LogP contribution in [0.5, 0.6) is 0 Å². The van der Waals surface area contributed by atoms with Crippen LogP contribution in [-0.2, 0) is 18.4 Å². The number of nitrogens with zero attached hydrogens (tertiary/aromatic N) is 1. The SMILES string of the molecule is CCCC/C=C/CC/C=C/CC/C=C/C(O)C(COP(=O)([O-])OCC[N+](C)(C)C)NC(=O)CCCCCCCCCCCCCCC. The molecule has 0 radical (unpaired) electrons. The Bertz CT molecular complexity index is 871. The third kappa shape index (κ3) is 33.0. The fourth-order valence-corrected chi connectivity index (χ4v) is 5.71. The number of hydrogen-bond acceptors (Lipinski definition) is 6. The molecule has 1 amide bonds. The maximum atomic E-state index is 12.7. The zero-order valence-electron chi connectivity index (χ0n) is 31.0. The second-order valence-electron chi connectivity index (χ2n) is 13.9. The maximum absolute atomic E-state index is 12.7. The third-order valence-corrected chi connectivity index (χ3v) is 9.04. The molecule has 0 heterocycles. The summed E-state index contributed by atoms with van der Waals surface area (Å²) in [5, 5.41) is 13.6. The lowest BCUT2D eigenvalue weighted by Gasteiger charge is -2.29. The van der Waals surface area contributed by atoms with Crippen LogP contribution in [-0.4, -0.2) is 68.5 Å². The summed E-state index contributed by atoms with van der Waals surface area (Å²) in [4.78, 5) is 25.1. The molecule has 2 N–H and O–H groups in total. The molecular weight excluding hydrogens is 611 g/mol. The number of phosphoric ester groups is 1. The van der Waals surface area contributed by atoms with E-state index < -0.39 is 26.6 Å². The van der Waals surface area contributed by atoms with Crippen molar-refractivity contribution in [2.75, 3.05) is 40.9 Å². The molecule has 0 fully saturated rings. The quantitative estimate of drug-likeness (QED) is 0.0309. The van der Waals surface area contributed by atoms with Gasteiger partial charge in [0.25, 0.3) is 7.82 Å². The molecule has 0 rings (SSSR count). The molecule has 0 saturated heterocycles. The first-order valence-electron chi connectivity index (χ1n) is 18.9. The van der Waals surface area contributed by atoms with E-state index in [1.54, 1.807) is 6.08 Å². The van der Waals surface area contributed by atoms with Crippen molar-refractivity contribution in [1.29, 1.82) is 0 Å². The Kier molecular flexibility index (Phi) is 29.9. The van der Waals surface area contributed by atoms with Gasteiger partial charge in [0.1, 0.15) is 13.2 Å². The summed E-state index contributed by atoms with van der Waals surface area (Å²) < 4.78 is 23.0. The predicted molar refractivity (Wildman–Crippen MR) is 196 cm³/mol. The van der Waals surface area contributed by atoms with Gasteiger partial charge in [0.05, 0.1) is 39.9 Å². The molecule has 276 valence electrons. The van der Waals surface area contributed by atoms with Crippen molar-refractivity contribution < 1.29 is 32.9 Å². The van der Waals surface area contributed by atoms with Crippen molar-refractivity contribution in [1.82, 2.24) is 5.32 Å². The topological polar surface area (TPSA) is 108 Å². The number of rotatable bonds is 33. The van der Waals surface area contributed by atoms with Crippen molar-refractivity contribution in [3.63, 3.8) is 0 Å². The third-order valence-electron chi connectivity index (χ3n) is 8.08. The maximum Gasteiger partial charge on any atom is 0.268 e. The number of amides is 1. The molecule has 0 aliphatic rings. The van der Waals surface area contributed by atoms with Crippen LogP contribution >= 0.6 is 7.82 Å². The highest BCUT2D eigenvalue weighted by Gasteiger charge is 2.23. The van der Waals surface area contributed by atoms with Gasteiger partial charge in [-0.25, -0.2) is 0 Å². The lowest BCUT2D eigenvalue weighted by Crippen LogP contribution is -2.45. The van der Waals surface area contributed by atoms with E-state index in [1.165, 1.54) is 77.0 Å². The fraction of sp³-hybridized carbons (Fsp3) is 0.816. The van der Waals surface area contributed by atoms with Gasteiger partial charge in [-0.05, 0) is 38.5 Å². The summed E-state index contributed by atoms with van der Waals surface area (Å²) in [6.07, 6.45) is 34.7. The van der Waals surface area contributed by atoms with Crippen molar-refractivity contribution in [2.24, 2.45) is 0 Å². The number of carbonyl (C=O) groups excluding carboxylic acids is 1. The van der Waals surface area contributed by atoms with Crippen LogP contribution in [0.2, 0.25) is 0 Å². The van der Waals surface area contributed by atoms with Gasteiger partial charge < -0.3 is 28.8 Å². The van der Waals surface area contributed by atoms with E-state index in [0.29, 0.717) is 17.4 Å². The Morgan fingerprint density at radius 2 is 1.19 bits per heavy atom. The molecule has 0 aromatic rings. The van der Waals surface area contributed by atoms with Crippen LogP contribution in [0.3, 0.4) is 0 Å². The van der Waals surface area contributed by atoms with E-state index in [1.807, 2.05) is 27.2 Å². The first kappa shape index (κ1) is 45.7. The Morgan fingerprint density at radius 1 is 0.723 bits per heavy atom. The molecule has 8 nitrogen and oxygen atoms in total. The molecule has 3 unspecified atom stereocenters. The fourth-order valence-electron chi connectivity index (χ4n) is 4.99. The van der Waals surface area contributed by atoms with E-state index in [4.69, 9.17) is 9.05 Å². The molecule has 47 heavy (non-hydrogen) atoms. The smallest absolute Gasteiger partial charge is 0.268 e. The number of likely N-dealkylation sites (N-methyl/N-ethyl adjacent to an activating group) is 1. The van der Waals surface area contributed by atoms with Crippen molar-refractivity contribution in [2.45, 2.75) is 161 Å². The molecule has 0 saturated carbocycles. The molecule has 0 spiro atoms. The lowest BCUT2D eigenvalue weighted by molar-refractivity contribution is -0.870. The zero-order chi connectivity index (χ0) is 35.1. The number of carbonyl (C=O) groups is 1. The van der Waals surface area contributed by atoms with Gasteiger partial charge in [0.15, 0.2) is 0 Å². The monoisotopic (exact) mass is 685 g/mol. The number of allylic oxidation sites excluding steroid dienone is 5. The number of aliphatic hydroxyl groups excluding tert-OH is 1. The summed E-state index contributed by atoms with van der Waals surface area (Å²) in [7, 11) is 1.23. The highest BCUT2D eigenvalue weighted by atomic mass is 31.2. The molecule has 0 aliphatic heterocycles. The van der Waals surface area contributed by atoms with E-state index in [9.17, 15) is 19.4 Å². The average molecular weight is 685 g/mol. The number of unbranched alkanes of at least 4 members (excludes halogenated alkanes) is 16. The van der Waals surface area contributed by atoms with Crippen LogP contribution in [0.1, 0.15) is 149 Å². The Labute approximate surface area is 289 Å². The van der Waals surface area contributed by atoms with Crippen molar-refractivity contribution in [3.05, 3.63) is 36.5 Å². The van der Waals surface area contributed by atoms with Gasteiger partial charge in [-0.3, -0.25) is 9.36 Å². The summed E-state index contributed by atoms with van der Waals surface area (Å²) >= 11 is 0. The highest BCUT2D eigenvalue weighted by molar-refractivity contribution is 7.45. The van der Waals surface area contributed by atoms with Crippen LogP contribution < -0.4 is 10.2 Å². The summed E-state index contributed by atoms with van der Waals surface area (Å²) in [5.74, 6) is -0.215. The second-order valence-corrected chi connectivity index (χ2v) is 15.3. The van der Waals surface area contributed by atoms with E-state index in [0.717, 1.165) is 51.4 Å². The normalized spacial score (nSPS) is 15.1. The molecule has 9 heteroatoms. The zero-order valence-corrected chi connectivity index (χ0v) is 31.9. The molecular formula is C38H73N2O6P. The summed E-state index contributed by atoms with van der Waals surface area (Å²) in [5.41, 5.74) is 0. The van der Waals surface area contributed by atoms with Gasteiger partial charge in [0.2, 0.25) is 5.91 Å². The van der Waals surface area contributed by atoms with Crippen molar-refractivity contribution in [3.8, 4) is 0 Å². The minimum Gasteiger partial charge on any atom is -0.756 e. The number of nitrogens with one attached hydrogen (secondary N) is 1. The van der Waals surface area contributed by atoms with Gasteiger partial charge in [-0.2, -0.15) is 0 Å². The van der Waals surface area contributed by atoms with E-state index in [2.05, 4.69) is 43.5 Å². The van der Waals surface area contributed by atoms with Crippen molar-refractivity contribution >= 4 is 13.7 Å². The molecule has 0 aromatic heterocycles. The largest absolute Gasteiger partial charge is 0.756 e. The first-order valence-corrected chi connectivity index (χ1v) is 20.3. The van der Waals surface area contributed by atoms with Crippen LogP contribution in [0.15, 0.2) is 36.5 Å². The average Bonchev–Trinajstić information content (AvgIpc) is 3.01. The van der Waals surface area contributed by atoms with E-state index >= 15 is 0 Å². The Balaban J connectivity index is 4.61. The van der Waals surface area contributed by atoms with Gasteiger partial charge in [-0.1, -0.05) is 140 Å². The van der Waals surface area contributed by atoms with Gasteiger partial charge in [-0.15, -0.1) is 0 Å². The van der Waals surface area contributed by atoms with Gasteiger partial charge in [0, 0.05) is 6.42 Å². The van der Waals surface area contributed by atoms with Gasteiger partial charge >= 0.3 is 0 Å². The van der Waals surface area contributed by atoms with Crippen LogP contribution in [0.25, 0.3) is 0 Å². The highest BCUT2D eigenvalue weighted by Crippen LogP contribution is 2.38. The molecule has 3 atom stereocenters. The predicted octanol–water partition coefficient (Wildman–Crippen LogP) is 8.94.